The SMILES string of the molecule is O=C(Nc1cnc(-n2nccn2)c(C(F)(F)F)c1)N1CC(C(F)(F)F)c2c1cnc1cc(F)nn21. The molecule has 4 aromatic rings. The predicted octanol–water partition coefficient (Wildman–Crippen LogP) is 3.56. The average Bonchev–Trinajstić information content (AvgIpc) is 3.49. The zero-order valence-electron chi connectivity index (χ0n) is 16.9. The number of amides is 2. The van der Waals surface area contributed by atoms with E-state index >= 15 is 0 Å². The predicted molar refractivity (Wildman–Crippen MR) is 102 cm³/mol. The highest BCUT2D eigenvalue weighted by atomic mass is 19.4. The number of fused-ring (bicyclic) bond motifs is 3. The molecule has 5 heterocycles. The number of carbonyl (C=O) groups is 1. The molecule has 2 amide bonds. The third kappa shape index (κ3) is 3.87. The Bertz CT molecular complexity index is 1430. The third-order valence-electron chi connectivity index (χ3n) is 5.13. The van der Waals surface area contributed by atoms with Crippen LogP contribution < -0.4 is 10.2 Å². The minimum Gasteiger partial charge on any atom is -0.306 e. The number of halogens is 7. The van der Waals surface area contributed by atoms with Crippen molar-refractivity contribution in [1.82, 2.24) is 34.6 Å². The third-order valence-corrected chi connectivity index (χ3v) is 5.13. The van der Waals surface area contributed by atoms with E-state index in [1.165, 1.54) is 0 Å². The summed E-state index contributed by atoms with van der Waals surface area (Å²) in [7, 11) is 0. The summed E-state index contributed by atoms with van der Waals surface area (Å²) in [5, 5.41) is 12.7. The van der Waals surface area contributed by atoms with E-state index in [2.05, 4.69) is 30.6 Å². The Morgan fingerprint density at radius 1 is 1.03 bits per heavy atom. The average molecular weight is 501 g/mol. The maximum Gasteiger partial charge on any atom is 0.420 e. The van der Waals surface area contributed by atoms with E-state index < -0.39 is 59.6 Å². The topological polar surface area (TPSA) is 106 Å². The van der Waals surface area contributed by atoms with Crippen LogP contribution >= 0.6 is 0 Å². The van der Waals surface area contributed by atoms with Gasteiger partial charge in [0.25, 0.3) is 0 Å². The highest BCUT2D eigenvalue weighted by molar-refractivity contribution is 6.03. The van der Waals surface area contributed by atoms with E-state index in [1.807, 2.05) is 0 Å². The molecule has 182 valence electrons. The monoisotopic (exact) mass is 501 g/mol. The van der Waals surface area contributed by atoms with Crippen LogP contribution in [-0.2, 0) is 6.18 Å². The molecule has 0 spiro atoms. The molecule has 1 atom stereocenters. The number of aromatic nitrogens is 7. The van der Waals surface area contributed by atoms with Gasteiger partial charge in [-0.15, -0.1) is 9.90 Å². The Balaban J connectivity index is 1.51. The lowest BCUT2D eigenvalue weighted by atomic mass is 10.1. The number of hydrogen-bond donors (Lipinski definition) is 1. The number of rotatable bonds is 2. The molecular formula is C18H10F7N9O. The Hall–Kier alpha value is -4.31. The summed E-state index contributed by atoms with van der Waals surface area (Å²) < 4.78 is 96.2. The summed E-state index contributed by atoms with van der Waals surface area (Å²) in [6, 6.07) is 0.176. The van der Waals surface area contributed by atoms with Gasteiger partial charge in [0.15, 0.2) is 11.5 Å². The van der Waals surface area contributed by atoms with E-state index in [0.717, 1.165) is 30.9 Å². The van der Waals surface area contributed by atoms with E-state index in [-0.39, 0.29) is 11.3 Å². The Labute approximate surface area is 189 Å². The molecular weight excluding hydrogens is 491 g/mol. The smallest absolute Gasteiger partial charge is 0.306 e. The van der Waals surface area contributed by atoms with Crippen LogP contribution in [0.3, 0.4) is 0 Å². The molecule has 0 aliphatic carbocycles. The molecule has 5 rings (SSSR count). The molecule has 0 fully saturated rings. The van der Waals surface area contributed by atoms with E-state index in [9.17, 15) is 35.5 Å². The van der Waals surface area contributed by atoms with Gasteiger partial charge in [0, 0.05) is 12.6 Å². The van der Waals surface area contributed by atoms with Crippen molar-refractivity contribution in [3.8, 4) is 5.82 Å². The maximum absolute atomic E-state index is 13.7. The number of nitrogens with one attached hydrogen (secondary N) is 1. The first-order valence-corrected chi connectivity index (χ1v) is 9.57. The van der Waals surface area contributed by atoms with Gasteiger partial charge in [0.2, 0.25) is 5.95 Å². The van der Waals surface area contributed by atoms with Gasteiger partial charge in [-0.3, -0.25) is 4.90 Å². The number of alkyl halides is 6. The van der Waals surface area contributed by atoms with Crippen molar-refractivity contribution < 1.29 is 35.5 Å². The molecule has 1 unspecified atom stereocenters. The van der Waals surface area contributed by atoms with Gasteiger partial charge in [-0.1, -0.05) is 0 Å². The fourth-order valence-electron chi connectivity index (χ4n) is 3.68. The van der Waals surface area contributed by atoms with Crippen LogP contribution in [0.15, 0.2) is 36.9 Å². The largest absolute Gasteiger partial charge is 0.420 e. The summed E-state index contributed by atoms with van der Waals surface area (Å²) in [6.45, 7) is -0.929. The van der Waals surface area contributed by atoms with Crippen LogP contribution in [0.2, 0.25) is 0 Å². The van der Waals surface area contributed by atoms with Gasteiger partial charge in [0.05, 0.1) is 41.9 Å². The second-order valence-corrected chi connectivity index (χ2v) is 7.31. The van der Waals surface area contributed by atoms with Crippen LogP contribution in [0.25, 0.3) is 11.5 Å². The Morgan fingerprint density at radius 3 is 2.40 bits per heavy atom. The van der Waals surface area contributed by atoms with Gasteiger partial charge < -0.3 is 5.32 Å². The Morgan fingerprint density at radius 2 is 1.74 bits per heavy atom. The maximum atomic E-state index is 13.7. The molecule has 0 aromatic carbocycles. The van der Waals surface area contributed by atoms with Crippen molar-refractivity contribution in [3.63, 3.8) is 0 Å². The lowest BCUT2D eigenvalue weighted by Gasteiger charge is -2.19. The zero-order chi connectivity index (χ0) is 25.1. The summed E-state index contributed by atoms with van der Waals surface area (Å²) in [6.07, 6.45) is -5.69. The number of nitrogens with zero attached hydrogens (tertiary/aromatic N) is 8. The highest BCUT2D eigenvalue weighted by Crippen LogP contribution is 2.45. The quantitative estimate of drug-likeness (QED) is 0.421. The minimum atomic E-state index is -4.92. The van der Waals surface area contributed by atoms with E-state index in [1.54, 1.807) is 0 Å². The molecule has 4 aromatic heterocycles. The fourth-order valence-corrected chi connectivity index (χ4v) is 3.68. The summed E-state index contributed by atoms with van der Waals surface area (Å²) in [4.78, 5) is 21.6. The first-order chi connectivity index (χ1) is 16.4. The standard InChI is InChI=1S/C18H10F7N9O/c19-12-4-13-26-6-11-14(33(13)31-12)10(18(23,24)25)7-32(11)16(35)30-8-3-9(17(20,21)22)15(27-5-8)34-28-1-2-29-34/h1-6,10H,7H2,(H,30,35). The lowest BCUT2D eigenvalue weighted by Crippen LogP contribution is -2.36. The van der Waals surface area contributed by atoms with Crippen LogP contribution in [-0.4, -0.2) is 53.3 Å². The minimum absolute atomic E-state index is 0.209. The van der Waals surface area contributed by atoms with E-state index in [4.69, 9.17) is 0 Å². The van der Waals surface area contributed by atoms with Gasteiger partial charge in [-0.05, 0) is 6.07 Å². The fraction of sp³-hybridized carbons (Fsp3) is 0.222. The van der Waals surface area contributed by atoms with Gasteiger partial charge in [0.1, 0.15) is 11.5 Å². The molecule has 10 nitrogen and oxygen atoms in total. The molecule has 1 N–H and O–H groups in total. The second-order valence-electron chi connectivity index (χ2n) is 7.31. The Kier molecular flexibility index (Phi) is 4.88. The molecule has 0 saturated carbocycles. The molecule has 17 heteroatoms. The molecule has 0 radical (unpaired) electrons. The lowest BCUT2D eigenvalue weighted by molar-refractivity contribution is -0.147. The number of carbonyl (C=O) groups excluding carboxylic acids is 1. The van der Waals surface area contributed by atoms with Gasteiger partial charge in [-0.2, -0.15) is 40.9 Å². The van der Waals surface area contributed by atoms with Crippen LogP contribution in [0, 0.1) is 5.95 Å². The van der Waals surface area contributed by atoms with Gasteiger partial charge >= 0.3 is 18.4 Å². The van der Waals surface area contributed by atoms with Crippen LogP contribution in [0.5, 0.6) is 0 Å². The normalized spacial score (nSPS) is 16.1. The molecule has 1 aliphatic heterocycles. The summed E-state index contributed by atoms with van der Waals surface area (Å²) in [5.74, 6) is -3.99. The molecule has 35 heavy (non-hydrogen) atoms. The number of urea groups is 1. The van der Waals surface area contributed by atoms with Crippen molar-refractivity contribution >= 4 is 23.1 Å². The first kappa shape index (κ1) is 22.5. The number of anilines is 2. The van der Waals surface area contributed by atoms with Gasteiger partial charge in [-0.25, -0.2) is 19.3 Å². The molecule has 0 saturated heterocycles. The zero-order valence-corrected chi connectivity index (χ0v) is 16.9. The summed E-state index contributed by atoms with van der Waals surface area (Å²) in [5.41, 5.74) is -2.82. The van der Waals surface area contributed by atoms with Crippen LogP contribution in [0.4, 0.5) is 46.9 Å². The van der Waals surface area contributed by atoms with Crippen LogP contribution in [0.1, 0.15) is 17.2 Å². The molecule has 0 bridgehead atoms. The van der Waals surface area contributed by atoms with E-state index in [0.29, 0.717) is 20.3 Å². The highest BCUT2D eigenvalue weighted by Gasteiger charge is 2.50. The number of hydrogen-bond acceptors (Lipinski definition) is 6. The second kappa shape index (κ2) is 7.60. The van der Waals surface area contributed by atoms with Crippen molar-refractivity contribution in [2.45, 2.75) is 18.3 Å². The van der Waals surface area contributed by atoms with Crippen molar-refractivity contribution in [2.75, 3.05) is 16.8 Å². The molecule has 1 aliphatic rings. The van der Waals surface area contributed by atoms with Crippen molar-refractivity contribution in [2.24, 2.45) is 0 Å². The first-order valence-electron chi connectivity index (χ1n) is 9.57. The van der Waals surface area contributed by atoms with Crippen molar-refractivity contribution in [1.29, 1.82) is 0 Å². The van der Waals surface area contributed by atoms with Crippen molar-refractivity contribution in [3.05, 3.63) is 54.1 Å². The summed E-state index contributed by atoms with van der Waals surface area (Å²) >= 11 is 0. The number of pyridine rings is 1.